The van der Waals surface area contributed by atoms with Crippen molar-refractivity contribution in [3.8, 4) is 0 Å². The fourth-order valence-electron chi connectivity index (χ4n) is 1.06. The molecular formula is C9H14N4O2S. The van der Waals surface area contributed by atoms with E-state index in [2.05, 4.69) is 15.3 Å². The molecule has 0 fully saturated rings. The highest BCUT2D eigenvalue weighted by Gasteiger charge is 2.17. The van der Waals surface area contributed by atoms with Gasteiger partial charge in [0.25, 0.3) is 5.91 Å². The summed E-state index contributed by atoms with van der Waals surface area (Å²) < 4.78 is 0. The Balaban J connectivity index is 3.08. The van der Waals surface area contributed by atoms with Crippen LogP contribution in [0.3, 0.4) is 0 Å². The molecule has 0 atom stereocenters. The maximum absolute atomic E-state index is 11.8. The molecule has 0 aliphatic carbocycles. The van der Waals surface area contributed by atoms with E-state index in [0.29, 0.717) is 16.5 Å². The molecule has 88 valence electrons. The van der Waals surface area contributed by atoms with Crippen LogP contribution in [-0.2, 0) is 4.84 Å². The first-order chi connectivity index (χ1) is 7.63. The van der Waals surface area contributed by atoms with Crippen molar-refractivity contribution in [3.05, 3.63) is 11.8 Å². The minimum absolute atomic E-state index is 0.292. The number of hydrogen-bond donors (Lipinski definition) is 1. The van der Waals surface area contributed by atoms with Crippen LogP contribution in [0.25, 0.3) is 0 Å². The molecule has 6 nitrogen and oxygen atoms in total. The Labute approximate surface area is 98.4 Å². The SMILES string of the molecule is CNc1nc(SC)ncc1C(=O)N(C)OC. The molecule has 0 unspecified atom stereocenters. The summed E-state index contributed by atoms with van der Waals surface area (Å²) in [5.41, 5.74) is 0.379. The maximum Gasteiger partial charge on any atom is 0.282 e. The van der Waals surface area contributed by atoms with E-state index in [9.17, 15) is 4.79 Å². The monoisotopic (exact) mass is 242 g/mol. The summed E-state index contributed by atoms with van der Waals surface area (Å²) in [6.45, 7) is 0. The second-order valence-electron chi connectivity index (χ2n) is 2.85. The fraction of sp³-hybridized carbons (Fsp3) is 0.444. The van der Waals surface area contributed by atoms with Gasteiger partial charge in [-0.15, -0.1) is 0 Å². The standard InChI is InChI=1S/C9H14N4O2S/c1-10-7-6(8(14)13(2)15-3)5-11-9(12-7)16-4/h5H,1-4H3,(H,10,11,12). The lowest BCUT2D eigenvalue weighted by Gasteiger charge is -2.15. The number of thioether (sulfide) groups is 1. The highest BCUT2D eigenvalue weighted by atomic mass is 32.2. The van der Waals surface area contributed by atoms with E-state index in [-0.39, 0.29) is 5.91 Å². The fourth-order valence-corrected chi connectivity index (χ4v) is 1.40. The lowest BCUT2D eigenvalue weighted by atomic mass is 10.3. The number of nitrogens with one attached hydrogen (secondary N) is 1. The molecule has 1 aromatic rings. The number of carbonyl (C=O) groups excluding carboxylic acids is 1. The first kappa shape index (κ1) is 12.7. The van der Waals surface area contributed by atoms with Gasteiger partial charge in [0.1, 0.15) is 11.4 Å². The van der Waals surface area contributed by atoms with Crippen LogP contribution in [0, 0.1) is 0 Å². The zero-order valence-corrected chi connectivity index (χ0v) is 10.5. The highest BCUT2D eigenvalue weighted by Crippen LogP contribution is 2.17. The van der Waals surface area contributed by atoms with Gasteiger partial charge in [0, 0.05) is 20.3 Å². The smallest absolute Gasteiger partial charge is 0.282 e. The van der Waals surface area contributed by atoms with Crippen molar-refractivity contribution in [3.63, 3.8) is 0 Å². The molecule has 0 aromatic carbocycles. The summed E-state index contributed by atoms with van der Waals surface area (Å²) in [7, 11) is 4.66. The number of nitrogens with zero attached hydrogens (tertiary/aromatic N) is 3. The highest BCUT2D eigenvalue weighted by molar-refractivity contribution is 7.98. The molecular weight excluding hydrogens is 228 g/mol. The molecule has 16 heavy (non-hydrogen) atoms. The largest absolute Gasteiger partial charge is 0.372 e. The van der Waals surface area contributed by atoms with Crippen LogP contribution in [0.1, 0.15) is 10.4 Å². The van der Waals surface area contributed by atoms with Crippen molar-refractivity contribution >= 4 is 23.5 Å². The Hall–Kier alpha value is -1.34. The zero-order chi connectivity index (χ0) is 12.1. The number of rotatable bonds is 4. The summed E-state index contributed by atoms with van der Waals surface area (Å²) in [4.78, 5) is 24.9. The van der Waals surface area contributed by atoms with E-state index in [4.69, 9.17) is 4.84 Å². The number of amides is 1. The van der Waals surface area contributed by atoms with Crippen LogP contribution in [0.4, 0.5) is 5.82 Å². The van der Waals surface area contributed by atoms with Crippen LogP contribution in [0.2, 0.25) is 0 Å². The van der Waals surface area contributed by atoms with Gasteiger partial charge < -0.3 is 5.32 Å². The lowest BCUT2D eigenvalue weighted by molar-refractivity contribution is -0.0756. The predicted molar refractivity (Wildman–Crippen MR) is 62.5 cm³/mol. The Kier molecular flexibility index (Phi) is 4.51. The van der Waals surface area contributed by atoms with Gasteiger partial charge in [0.05, 0.1) is 7.11 Å². The maximum atomic E-state index is 11.8. The van der Waals surface area contributed by atoms with Gasteiger partial charge in [-0.3, -0.25) is 9.63 Å². The first-order valence-corrected chi connectivity index (χ1v) is 5.77. The second-order valence-corrected chi connectivity index (χ2v) is 3.63. The topological polar surface area (TPSA) is 67.4 Å². The summed E-state index contributed by atoms with van der Waals surface area (Å²) in [6.07, 6.45) is 3.36. The molecule has 0 radical (unpaired) electrons. The Morgan fingerprint density at radius 3 is 2.81 bits per heavy atom. The third-order valence-electron chi connectivity index (χ3n) is 1.98. The molecule has 0 spiro atoms. The molecule has 1 N–H and O–H groups in total. The Morgan fingerprint density at radius 2 is 2.31 bits per heavy atom. The van der Waals surface area contributed by atoms with Gasteiger partial charge in [-0.25, -0.2) is 15.0 Å². The van der Waals surface area contributed by atoms with Crippen molar-refractivity contribution in [1.29, 1.82) is 0 Å². The van der Waals surface area contributed by atoms with Crippen LogP contribution in [0.5, 0.6) is 0 Å². The number of hydroxylamine groups is 2. The minimum atomic E-state index is -0.292. The quantitative estimate of drug-likeness (QED) is 0.480. The average Bonchev–Trinajstić information content (AvgIpc) is 2.35. The van der Waals surface area contributed by atoms with E-state index in [1.54, 1.807) is 7.05 Å². The lowest BCUT2D eigenvalue weighted by Crippen LogP contribution is -2.26. The molecule has 0 saturated heterocycles. The van der Waals surface area contributed by atoms with Gasteiger partial charge in [-0.1, -0.05) is 11.8 Å². The third kappa shape index (κ3) is 2.61. The third-order valence-corrected chi connectivity index (χ3v) is 2.54. The Bertz CT molecular complexity index is 386. The van der Waals surface area contributed by atoms with E-state index in [0.717, 1.165) is 5.06 Å². The van der Waals surface area contributed by atoms with Crippen LogP contribution < -0.4 is 5.32 Å². The molecule has 1 heterocycles. The molecule has 1 rings (SSSR count). The summed E-state index contributed by atoms with van der Waals surface area (Å²) in [5.74, 6) is 0.202. The van der Waals surface area contributed by atoms with Gasteiger partial charge >= 0.3 is 0 Å². The van der Waals surface area contributed by atoms with Crippen molar-refractivity contribution in [1.82, 2.24) is 15.0 Å². The number of hydrogen-bond acceptors (Lipinski definition) is 6. The van der Waals surface area contributed by atoms with Gasteiger partial charge in [0.15, 0.2) is 5.16 Å². The van der Waals surface area contributed by atoms with Crippen LogP contribution in [-0.4, -0.2) is 48.4 Å². The number of anilines is 1. The van der Waals surface area contributed by atoms with Crippen LogP contribution >= 0.6 is 11.8 Å². The summed E-state index contributed by atoms with van der Waals surface area (Å²) in [6, 6.07) is 0. The van der Waals surface area contributed by atoms with Gasteiger partial charge in [0.2, 0.25) is 0 Å². The van der Waals surface area contributed by atoms with Crippen molar-refractivity contribution in [2.45, 2.75) is 5.16 Å². The summed E-state index contributed by atoms with van der Waals surface area (Å²) in [5, 5.41) is 4.60. The van der Waals surface area contributed by atoms with E-state index in [1.807, 2.05) is 6.26 Å². The summed E-state index contributed by atoms with van der Waals surface area (Å²) >= 11 is 1.41. The van der Waals surface area contributed by atoms with E-state index < -0.39 is 0 Å². The Morgan fingerprint density at radius 1 is 1.62 bits per heavy atom. The van der Waals surface area contributed by atoms with Crippen LogP contribution in [0.15, 0.2) is 11.4 Å². The zero-order valence-electron chi connectivity index (χ0n) is 9.64. The minimum Gasteiger partial charge on any atom is -0.372 e. The number of carbonyl (C=O) groups is 1. The van der Waals surface area contributed by atoms with Crippen molar-refractivity contribution in [2.24, 2.45) is 0 Å². The van der Waals surface area contributed by atoms with Crippen molar-refractivity contribution in [2.75, 3.05) is 32.8 Å². The molecule has 0 aliphatic rings. The molecule has 0 bridgehead atoms. The molecule has 0 saturated carbocycles. The van der Waals surface area contributed by atoms with Gasteiger partial charge in [-0.2, -0.15) is 0 Å². The normalized spacial score (nSPS) is 10.0. The predicted octanol–water partition coefficient (Wildman–Crippen LogP) is 0.874. The first-order valence-electron chi connectivity index (χ1n) is 4.55. The van der Waals surface area contributed by atoms with Gasteiger partial charge in [-0.05, 0) is 6.26 Å². The van der Waals surface area contributed by atoms with E-state index >= 15 is 0 Å². The average molecular weight is 242 g/mol. The second kappa shape index (κ2) is 5.66. The molecule has 7 heteroatoms. The van der Waals surface area contributed by atoms with Crippen molar-refractivity contribution < 1.29 is 9.63 Å². The molecule has 1 aromatic heterocycles. The molecule has 1 amide bonds. The molecule has 0 aliphatic heterocycles. The number of aromatic nitrogens is 2. The van der Waals surface area contributed by atoms with E-state index in [1.165, 1.54) is 32.1 Å².